The highest BCUT2D eigenvalue weighted by molar-refractivity contribution is 7.17. The third kappa shape index (κ3) is 3.57. The minimum atomic E-state index is 0.0487. The average molecular weight is 341 g/mol. The van der Waals surface area contributed by atoms with Crippen molar-refractivity contribution in [3.8, 4) is 0 Å². The number of aliphatic hydroxyl groups excluding tert-OH is 1. The smallest absolute Gasteiger partial charge is 0.139 e. The van der Waals surface area contributed by atoms with Crippen LogP contribution in [-0.4, -0.2) is 15.1 Å². The number of hydrogen-bond donors (Lipinski definition) is 2. The number of rotatable bonds is 6. The molecule has 0 radical (unpaired) electrons. The number of nitrogens with zero attached hydrogens (tertiary/aromatic N) is 2. The SMILES string of the molecule is Cc1nc(NCc2ccccc2CO)c2c(CC(C)C)csc2n1. The number of thiophene rings is 1. The van der Waals surface area contributed by atoms with Crippen LogP contribution in [0, 0.1) is 12.8 Å². The second kappa shape index (κ2) is 7.28. The van der Waals surface area contributed by atoms with Crippen molar-refractivity contribution in [3.05, 3.63) is 52.2 Å². The highest BCUT2D eigenvalue weighted by atomic mass is 32.1. The van der Waals surface area contributed by atoms with Gasteiger partial charge in [0.05, 0.1) is 12.0 Å². The first-order valence-electron chi connectivity index (χ1n) is 8.24. The van der Waals surface area contributed by atoms with Gasteiger partial charge in [-0.2, -0.15) is 0 Å². The molecule has 126 valence electrons. The number of hydrogen-bond acceptors (Lipinski definition) is 5. The fourth-order valence-corrected chi connectivity index (χ4v) is 3.89. The number of anilines is 1. The van der Waals surface area contributed by atoms with E-state index in [1.165, 1.54) is 5.56 Å². The zero-order valence-electron chi connectivity index (χ0n) is 14.3. The van der Waals surface area contributed by atoms with Crippen LogP contribution in [0.25, 0.3) is 10.2 Å². The van der Waals surface area contributed by atoms with Crippen molar-refractivity contribution in [1.29, 1.82) is 0 Å². The van der Waals surface area contributed by atoms with Crippen LogP contribution >= 0.6 is 11.3 Å². The second-order valence-electron chi connectivity index (χ2n) is 6.44. The molecule has 0 fully saturated rings. The number of aliphatic hydroxyl groups is 1. The molecule has 2 aromatic heterocycles. The summed E-state index contributed by atoms with van der Waals surface area (Å²) < 4.78 is 0. The summed E-state index contributed by atoms with van der Waals surface area (Å²) in [7, 11) is 0. The highest BCUT2D eigenvalue weighted by Crippen LogP contribution is 2.32. The van der Waals surface area contributed by atoms with Gasteiger partial charge < -0.3 is 10.4 Å². The topological polar surface area (TPSA) is 58.0 Å². The normalized spacial score (nSPS) is 11.4. The molecule has 0 bridgehead atoms. The predicted octanol–water partition coefficient (Wildman–Crippen LogP) is 4.30. The maximum Gasteiger partial charge on any atom is 0.139 e. The first kappa shape index (κ1) is 16.9. The Hall–Kier alpha value is -1.98. The van der Waals surface area contributed by atoms with E-state index in [2.05, 4.69) is 34.5 Å². The Morgan fingerprint density at radius 1 is 1.12 bits per heavy atom. The van der Waals surface area contributed by atoms with Crippen LogP contribution in [0.4, 0.5) is 5.82 Å². The Labute approximate surface area is 146 Å². The molecule has 5 heteroatoms. The molecule has 3 aromatic rings. The highest BCUT2D eigenvalue weighted by Gasteiger charge is 2.14. The quantitative estimate of drug-likeness (QED) is 0.702. The molecule has 0 saturated carbocycles. The molecule has 1 aromatic carbocycles. The van der Waals surface area contributed by atoms with Gasteiger partial charge in [-0.15, -0.1) is 11.3 Å². The van der Waals surface area contributed by atoms with Crippen molar-refractivity contribution in [1.82, 2.24) is 9.97 Å². The lowest BCUT2D eigenvalue weighted by Crippen LogP contribution is -2.06. The Morgan fingerprint density at radius 2 is 1.88 bits per heavy atom. The van der Waals surface area contributed by atoms with Crippen molar-refractivity contribution in [2.24, 2.45) is 5.92 Å². The maximum absolute atomic E-state index is 9.49. The zero-order valence-corrected chi connectivity index (χ0v) is 15.2. The summed E-state index contributed by atoms with van der Waals surface area (Å²) in [5, 5.41) is 16.3. The minimum absolute atomic E-state index is 0.0487. The summed E-state index contributed by atoms with van der Waals surface area (Å²) in [5.74, 6) is 2.26. The van der Waals surface area contributed by atoms with Gasteiger partial charge in [0.15, 0.2) is 0 Å². The lowest BCUT2D eigenvalue weighted by atomic mass is 10.0. The second-order valence-corrected chi connectivity index (χ2v) is 7.30. The molecule has 0 aliphatic rings. The Morgan fingerprint density at radius 3 is 2.58 bits per heavy atom. The van der Waals surface area contributed by atoms with Crippen LogP contribution in [0.1, 0.15) is 36.4 Å². The third-order valence-corrected chi connectivity index (χ3v) is 4.91. The summed E-state index contributed by atoms with van der Waals surface area (Å²) in [6, 6.07) is 7.92. The van der Waals surface area contributed by atoms with Crippen LogP contribution in [0.15, 0.2) is 29.6 Å². The van der Waals surface area contributed by atoms with Crippen molar-refractivity contribution in [2.45, 2.75) is 40.3 Å². The van der Waals surface area contributed by atoms with Gasteiger partial charge in [-0.3, -0.25) is 0 Å². The summed E-state index contributed by atoms with van der Waals surface area (Å²) in [6.45, 7) is 7.06. The third-order valence-electron chi connectivity index (χ3n) is 3.98. The van der Waals surface area contributed by atoms with Crippen LogP contribution in [0.5, 0.6) is 0 Å². The number of fused-ring (bicyclic) bond motifs is 1. The Balaban J connectivity index is 1.94. The molecule has 2 N–H and O–H groups in total. The van der Waals surface area contributed by atoms with Crippen LogP contribution in [0.2, 0.25) is 0 Å². The van der Waals surface area contributed by atoms with E-state index in [0.717, 1.165) is 39.4 Å². The number of aryl methyl sites for hydroxylation is 1. The van der Waals surface area contributed by atoms with Crippen LogP contribution in [-0.2, 0) is 19.6 Å². The molecular formula is C19H23N3OS. The number of aromatic nitrogens is 2. The standard InChI is InChI=1S/C19H23N3OS/c1-12(2)8-16-11-24-19-17(16)18(21-13(3)22-19)20-9-14-6-4-5-7-15(14)10-23/h4-7,11-12,23H,8-10H2,1-3H3,(H,20,21,22). The van der Waals surface area contributed by atoms with Gasteiger partial charge in [0.2, 0.25) is 0 Å². The van der Waals surface area contributed by atoms with E-state index in [-0.39, 0.29) is 6.61 Å². The fourth-order valence-electron chi connectivity index (χ4n) is 2.89. The molecule has 0 amide bonds. The molecule has 2 heterocycles. The maximum atomic E-state index is 9.49. The van der Waals surface area contributed by atoms with E-state index in [1.807, 2.05) is 31.2 Å². The van der Waals surface area contributed by atoms with Gasteiger partial charge in [0, 0.05) is 6.54 Å². The lowest BCUT2D eigenvalue weighted by Gasteiger charge is -2.12. The summed E-state index contributed by atoms with van der Waals surface area (Å²) >= 11 is 1.68. The largest absolute Gasteiger partial charge is 0.392 e. The molecule has 0 aliphatic heterocycles. The summed E-state index contributed by atoms with van der Waals surface area (Å²) in [5.41, 5.74) is 3.34. The van der Waals surface area contributed by atoms with Gasteiger partial charge in [0.1, 0.15) is 16.5 Å². The van der Waals surface area contributed by atoms with Crippen LogP contribution in [0.3, 0.4) is 0 Å². The van der Waals surface area contributed by atoms with Crippen molar-refractivity contribution < 1.29 is 5.11 Å². The van der Waals surface area contributed by atoms with E-state index >= 15 is 0 Å². The minimum Gasteiger partial charge on any atom is -0.392 e. The number of benzene rings is 1. The molecule has 0 aliphatic carbocycles. The van der Waals surface area contributed by atoms with Crippen molar-refractivity contribution in [3.63, 3.8) is 0 Å². The van der Waals surface area contributed by atoms with E-state index < -0.39 is 0 Å². The summed E-state index contributed by atoms with van der Waals surface area (Å²) in [6.07, 6.45) is 1.02. The lowest BCUT2D eigenvalue weighted by molar-refractivity contribution is 0.280. The molecule has 4 nitrogen and oxygen atoms in total. The first-order valence-corrected chi connectivity index (χ1v) is 9.12. The first-order chi connectivity index (χ1) is 11.6. The molecule has 3 rings (SSSR count). The van der Waals surface area contributed by atoms with Gasteiger partial charge in [-0.25, -0.2) is 9.97 Å². The van der Waals surface area contributed by atoms with E-state index in [4.69, 9.17) is 0 Å². The van der Waals surface area contributed by atoms with E-state index in [0.29, 0.717) is 12.5 Å². The summed E-state index contributed by atoms with van der Waals surface area (Å²) in [4.78, 5) is 10.3. The van der Waals surface area contributed by atoms with Gasteiger partial charge in [-0.05, 0) is 41.3 Å². The molecule has 0 saturated heterocycles. The predicted molar refractivity (Wildman–Crippen MR) is 100 cm³/mol. The molecule has 0 unspecified atom stereocenters. The van der Waals surface area contributed by atoms with Crippen molar-refractivity contribution >= 4 is 27.4 Å². The monoisotopic (exact) mass is 341 g/mol. The molecule has 0 atom stereocenters. The Bertz CT molecular complexity index is 842. The van der Waals surface area contributed by atoms with Crippen LogP contribution < -0.4 is 5.32 Å². The van der Waals surface area contributed by atoms with Gasteiger partial charge in [0.25, 0.3) is 0 Å². The molecule has 24 heavy (non-hydrogen) atoms. The van der Waals surface area contributed by atoms with Gasteiger partial charge >= 0.3 is 0 Å². The number of nitrogens with one attached hydrogen (secondary N) is 1. The Kier molecular flexibility index (Phi) is 5.11. The van der Waals surface area contributed by atoms with Gasteiger partial charge in [-0.1, -0.05) is 38.1 Å². The molecule has 0 spiro atoms. The fraction of sp³-hybridized carbons (Fsp3) is 0.368. The van der Waals surface area contributed by atoms with E-state index in [9.17, 15) is 5.11 Å². The van der Waals surface area contributed by atoms with Crippen molar-refractivity contribution in [2.75, 3.05) is 5.32 Å². The zero-order chi connectivity index (χ0) is 17.1. The molecular weight excluding hydrogens is 318 g/mol. The average Bonchev–Trinajstić information content (AvgIpc) is 2.94. The van der Waals surface area contributed by atoms with E-state index in [1.54, 1.807) is 11.3 Å².